The number of urea groups is 1. The number of benzene rings is 1. The lowest BCUT2D eigenvalue weighted by Crippen LogP contribution is -2.32. The van der Waals surface area contributed by atoms with Gasteiger partial charge in [-0.2, -0.15) is 4.51 Å². The number of halogens is 2. The molecule has 4 nitrogen and oxygen atoms in total. The van der Waals surface area contributed by atoms with E-state index in [0.29, 0.717) is 5.84 Å². The number of anilines is 1. The van der Waals surface area contributed by atoms with Crippen LogP contribution in [0, 0.1) is 5.82 Å². The van der Waals surface area contributed by atoms with E-state index in [1.807, 2.05) is 0 Å². The Morgan fingerprint density at radius 2 is 2.12 bits per heavy atom. The van der Waals surface area contributed by atoms with Crippen LogP contribution < -0.4 is 4.90 Å². The molecule has 1 heterocycles. The van der Waals surface area contributed by atoms with E-state index < -0.39 is 5.82 Å². The smallest absolute Gasteiger partial charge is 0.320 e. The second-order valence-electron chi connectivity index (χ2n) is 3.43. The standard InChI is InChI=1S/C10H9ClFN3O/c1-14-6-9(13-11)15(10(14)16)8-5-3-2-4-7(8)12/h2-5H,6H2,1H3. The molecule has 84 valence electrons. The van der Waals surface area contributed by atoms with Crippen LogP contribution in [0.15, 0.2) is 28.8 Å². The zero-order valence-corrected chi connectivity index (χ0v) is 9.28. The Hall–Kier alpha value is -1.62. The average molecular weight is 242 g/mol. The van der Waals surface area contributed by atoms with Crippen molar-refractivity contribution in [1.29, 1.82) is 0 Å². The lowest BCUT2D eigenvalue weighted by molar-refractivity contribution is 0.229. The van der Waals surface area contributed by atoms with Crippen molar-refractivity contribution in [3.63, 3.8) is 0 Å². The zero-order valence-electron chi connectivity index (χ0n) is 8.52. The molecule has 0 aliphatic carbocycles. The Labute approximate surface area is 97.0 Å². The quantitative estimate of drug-likeness (QED) is 0.743. The van der Waals surface area contributed by atoms with Crippen LogP contribution in [0.5, 0.6) is 0 Å². The van der Waals surface area contributed by atoms with Crippen molar-refractivity contribution in [3.8, 4) is 0 Å². The van der Waals surface area contributed by atoms with E-state index in [-0.39, 0.29) is 18.3 Å². The Morgan fingerprint density at radius 3 is 2.75 bits per heavy atom. The minimum absolute atomic E-state index is 0.163. The summed E-state index contributed by atoms with van der Waals surface area (Å²) in [6, 6.07) is 5.65. The van der Waals surface area contributed by atoms with Crippen LogP contribution in [0.1, 0.15) is 0 Å². The predicted octanol–water partition coefficient (Wildman–Crippen LogP) is 2.25. The number of rotatable bonds is 1. The number of amidine groups is 1. The highest BCUT2D eigenvalue weighted by atomic mass is 35.5. The van der Waals surface area contributed by atoms with Gasteiger partial charge < -0.3 is 4.90 Å². The van der Waals surface area contributed by atoms with E-state index in [0.717, 1.165) is 0 Å². The van der Waals surface area contributed by atoms with Crippen LogP contribution in [0.25, 0.3) is 0 Å². The van der Waals surface area contributed by atoms with Crippen molar-refractivity contribution in [3.05, 3.63) is 30.1 Å². The normalized spacial score (nSPS) is 18.7. The van der Waals surface area contributed by atoms with Crippen molar-refractivity contribution in [1.82, 2.24) is 4.90 Å². The van der Waals surface area contributed by atoms with Gasteiger partial charge >= 0.3 is 6.03 Å². The summed E-state index contributed by atoms with van der Waals surface area (Å²) < 4.78 is 17.0. The molecule has 0 radical (unpaired) electrons. The molecule has 16 heavy (non-hydrogen) atoms. The van der Waals surface area contributed by atoms with E-state index in [4.69, 9.17) is 11.8 Å². The number of para-hydroxylation sites is 1. The van der Waals surface area contributed by atoms with Crippen LogP contribution in [0.4, 0.5) is 14.9 Å². The summed E-state index contributed by atoms with van der Waals surface area (Å²) in [5.74, 6) is -0.164. The maximum absolute atomic E-state index is 13.5. The predicted molar refractivity (Wildman–Crippen MR) is 60.2 cm³/mol. The third-order valence-corrected chi connectivity index (χ3v) is 2.54. The number of hydrogen-bond donors (Lipinski definition) is 0. The van der Waals surface area contributed by atoms with Crippen molar-refractivity contribution in [2.75, 3.05) is 18.5 Å². The van der Waals surface area contributed by atoms with E-state index in [1.54, 1.807) is 19.2 Å². The molecule has 2 amide bonds. The first-order valence-electron chi connectivity index (χ1n) is 4.62. The molecule has 1 fully saturated rings. The van der Waals surface area contributed by atoms with Crippen molar-refractivity contribution < 1.29 is 9.18 Å². The second-order valence-corrected chi connectivity index (χ2v) is 3.60. The van der Waals surface area contributed by atoms with Gasteiger partial charge in [0.2, 0.25) is 0 Å². The summed E-state index contributed by atoms with van der Waals surface area (Å²) in [7, 11) is 1.60. The molecule has 1 aliphatic rings. The Kier molecular flexibility index (Phi) is 2.78. The van der Waals surface area contributed by atoms with Gasteiger partial charge in [-0.25, -0.2) is 14.1 Å². The van der Waals surface area contributed by atoms with Crippen molar-refractivity contribution >= 4 is 29.3 Å². The van der Waals surface area contributed by atoms with Gasteiger partial charge in [0.15, 0.2) is 5.84 Å². The van der Waals surface area contributed by atoms with E-state index in [2.05, 4.69) is 4.51 Å². The SMILES string of the molecule is CN1CC(=NCl)N(c2ccccc2F)C1=O. The first-order chi connectivity index (χ1) is 7.65. The molecule has 1 saturated heterocycles. The minimum Gasteiger partial charge on any atom is -0.320 e. The molecule has 0 spiro atoms. The largest absolute Gasteiger partial charge is 0.330 e. The van der Waals surface area contributed by atoms with Gasteiger partial charge in [0.25, 0.3) is 0 Å². The molecule has 0 bridgehead atoms. The number of carbonyl (C=O) groups excluding carboxylic acids is 1. The number of likely N-dealkylation sites (N-methyl/N-ethyl adjacent to an activating group) is 1. The molecule has 1 aromatic carbocycles. The summed E-state index contributed by atoms with van der Waals surface area (Å²) in [4.78, 5) is 14.4. The van der Waals surface area contributed by atoms with Gasteiger partial charge in [-0.3, -0.25) is 0 Å². The topological polar surface area (TPSA) is 35.9 Å². The zero-order chi connectivity index (χ0) is 11.7. The fourth-order valence-corrected chi connectivity index (χ4v) is 1.70. The highest BCUT2D eigenvalue weighted by molar-refractivity contribution is 6.29. The number of carbonyl (C=O) groups is 1. The number of hydrogen-bond acceptors (Lipinski definition) is 2. The molecule has 0 atom stereocenters. The summed E-state index contributed by atoms with van der Waals surface area (Å²) in [6.07, 6.45) is 0. The number of amides is 2. The molecule has 6 heteroatoms. The van der Waals surface area contributed by atoms with Gasteiger partial charge in [0.1, 0.15) is 5.82 Å². The monoisotopic (exact) mass is 241 g/mol. The molecule has 1 aromatic rings. The molecule has 0 aromatic heterocycles. The van der Waals surface area contributed by atoms with Gasteiger partial charge in [-0.1, -0.05) is 12.1 Å². The van der Waals surface area contributed by atoms with Gasteiger partial charge in [-0.05, 0) is 12.1 Å². The van der Waals surface area contributed by atoms with E-state index >= 15 is 0 Å². The van der Waals surface area contributed by atoms with Crippen molar-refractivity contribution in [2.24, 2.45) is 4.51 Å². The minimum atomic E-state index is -0.482. The summed E-state index contributed by atoms with van der Waals surface area (Å²) in [5.41, 5.74) is 0.163. The van der Waals surface area contributed by atoms with Crippen LogP contribution in [0.3, 0.4) is 0 Å². The van der Waals surface area contributed by atoms with Crippen molar-refractivity contribution in [2.45, 2.75) is 0 Å². The Bertz CT molecular complexity index is 463. The van der Waals surface area contributed by atoms with E-state index in [9.17, 15) is 9.18 Å². The third kappa shape index (κ3) is 1.63. The summed E-state index contributed by atoms with van der Waals surface area (Å²) in [5, 5.41) is 0. The lowest BCUT2D eigenvalue weighted by Gasteiger charge is -2.16. The Morgan fingerprint density at radius 1 is 1.44 bits per heavy atom. The maximum Gasteiger partial charge on any atom is 0.330 e. The van der Waals surface area contributed by atoms with Crippen LogP contribution in [-0.4, -0.2) is 30.4 Å². The van der Waals surface area contributed by atoms with Crippen LogP contribution in [-0.2, 0) is 0 Å². The fraction of sp³-hybridized carbons (Fsp3) is 0.200. The highest BCUT2D eigenvalue weighted by Crippen LogP contribution is 2.24. The highest BCUT2D eigenvalue weighted by Gasteiger charge is 2.34. The van der Waals surface area contributed by atoms with E-state index in [1.165, 1.54) is 21.9 Å². The first-order valence-corrected chi connectivity index (χ1v) is 4.96. The molecular formula is C10H9ClFN3O. The average Bonchev–Trinajstić information content (AvgIpc) is 2.56. The third-order valence-electron chi connectivity index (χ3n) is 2.35. The molecule has 2 rings (SSSR count). The lowest BCUT2D eigenvalue weighted by atomic mass is 10.3. The molecular weight excluding hydrogens is 233 g/mol. The molecule has 1 aliphatic heterocycles. The van der Waals surface area contributed by atoms with Gasteiger partial charge in [0.05, 0.1) is 12.2 Å². The first kappa shape index (κ1) is 10.9. The number of nitrogens with zero attached hydrogens (tertiary/aromatic N) is 3. The fourth-order valence-electron chi connectivity index (χ4n) is 1.57. The van der Waals surface area contributed by atoms with Gasteiger partial charge in [-0.15, -0.1) is 0 Å². The Balaban J connectivity index is 2.47. The maximum atomic E-state index is 13.5. The second kappa shape index (κ2) is 4.09. The summed E-state index contributed by atoms with van der Waals surface area (Å²) >= 11 is 5.38. The summed E-state index contributed by atoms with van der Waals surface area (Å²) in [6.45, 7) is 0.274. The molecule has 0 N–H and O–H groups in total. The van der Waals surface area contributed by atoms with Gasteiger partial charge in [0, 0.05) is 18.8 Å². The molecule has 0 unspecified atom stereocenters. The van der Waals surface area contributed by atoms with Crippen LogP contribution in [0.2, 0.25) is 0 Å². The van der Waals surface area contributed by atoms with Crippen LogP contribution >= 0.6 is 11.8 Å². The molecule has 0 saturated carbocycles.